The van der Waals surface area contributed by atoms with Crippen LogP contribution in [0.3, 0.4) is 0 Å². The highest BCUT2D eigenvalue weighted by molar-refractivity contribution is 7.89. The first-order valence-electron chi connectivity index (χ1n) is 9.87. The summed E-state index contributed by atoms with van der Waals surface area (Å²) in [6.45, 7) is 3.68. The molecule has 0 saturated carbocycles. The van der Waals surface area contributed by atoms with Crippen molar-refractivity contribution in [3.8, 4) is 0 Å². The number of benzene rings is 2. The zero-order valence-corrected chi connectivity index (χ0v) is 18.5. The number of morpholine rings is 1. The first kappa shape index (κ1) is 22.4. The van der Waals surface area contributed by atoms with Crippen LogP contribution < -0.4 is 10.7 Å². The van der Waals surface area contributed by atoms with Gasteiger partial charge >= 0.3 is 0 Å². The first-order chi connectivity index (χ1) is 14.5. The summed E-state index contributed by atoms with van der Waals surface area (Å²) in [5.74, 6) is 0. The predicted octanol–water partition coefficient (Wildman–Crippen LogP) is 3.20. The van der Waals surface area contributed by atoms with Crippen LogP contribution in [0.1, 0.15) is 25.3 Å². The molecule has 160 valence electrons. The number of thiocarbonyl (C=S) groups is 1. The summed E-state index contributed by atoms with van der Waals surface area (Å²) in [4.78, 5) is 0.251. The molecule has 1 aliphatic heterocycles. The number of sulfonamides is 1. The molecule has 0 bridgehead atoms. The minimum Gasteiger partial charge on any atom is -0.379 e. The van der Waals surface area contributed by atoms with Crippen molar-refractivity contribution >= 4 is 38.8 Å². The Morgan fingerprint density at radius 1 is 1.10 bits per heavy atom. The second kappa shape index (κ2) is 10.6. The zero-order chi connectivity index (χ0) is 21.4. The molecule has 0 aliphatic carbocycles. The molecule has 2 N–H and O–H groups in total. The van der Waals surface area contributed by atoms with Gasteiger partial charge in [-0.1, -0.05) is 43.7 Å². The van der Waals surface area contributed by atoms with Crippen LogP contribution in [0.2, 0.25) is 0 Å². The highest BCUT2D eigenvalue weighted by Crippen LogP contribution is 2.19. The maximum Gasteiger partial charge on any atom is 0.243 e. The molecule has 1 fully saturated rings. The molecule has 0 radical (unpaired) electrons. The number of hydrazone groups is 1. The largest absolute Gasteiger partial charge is 0.379 e. The fourth-order valence-electron chi connectivity index (χ4n) is 3.06. The number of ether oxygens (including phenoxy) is 1. The number of nitrogens with one attached hydrogen (secondary N) is 2. The van der Waals surface area contributed by atoms with Gasteiger partial charge in [-0.25, -0.2) is 8.42 Å². The third-order valence-corrected chi connectivity index (χ3v) is 6.71. The van der Waals surface area contributed by atoms with E-state index in [4.69, 9.17) is 17.0 Å². The normalized spacial score (nSPS) is 15.6. The summed E-state index contributed by atoms with van der Waals surface area (Å²) < 4.78 is 32.0. The molecule has 1 saturated heterocycles. The van der Waals surface area contributed by atoms with Gasteiger partial charge in [0.2, 0.25) is 10.0 Å². The Morgan fingerprint density at radius 2 is 1.77 bits per heavy atom. The summed E-state index contributed by atoms with van der Waals surface area (Å²) in [5.41, 5.74) is 5.53. The Bertz CT molecular complexity index is 971. The smallest absolute Gasteiger partial charge is 0.243 e. The summed E-state index contributed by atoms with van der Waals surface area (Å²) in [6.07, 6.45) is 1.79. The molecule has 30 heavy (non-hydrogen) atoms. The lowest BCUT2D eigenvalue weighted by atomic mass is 10.1. The average molecular weight is 447 g/mol. The Morgan fingerprint density at radius 3 is 2.40 bits per heavy atom. The van der Waals surface area contributed by atoms with Crippen LogP contribution in [0, 0.1) is 0 Å². The number of hydrogen-bond acceptors (Lipinski definition) is 5. The molecule has 3 rings (SSSR count). The van der Waals surface area contributed by atoms with Gasteiger partial charge in [0.1, 0.15) is 0 Å². The van der Waals surface area contributed by atoms with Crippen LogP contribution >= 0.6 is 12.2 Å². The van der Waals surface area contributed by atoms with Gasteiger partial charge in [0, 0.05) is 18.8 Å². The highest BCUT2D eigenvalue weighted by Gasteiger charge is 2.26. The fourth-order valence-corrected chi connectivity index (χ4v) is 4.63. The third kappa shape index (κ3) is 5.85. The van der Waals surface area contributed by atoms with Crippen LogP contribution in [0.15, 0.2) is 64.6 Å². The quantitative estimate of drug-likeness (QED) is 0.386. The second-order valence-electron chi connectivity index (χ2n) is 6.78. The van der Waals surface area contributed by atoms with Crippen LogP contribution in [0.25, 0.3) is 0 Å². The Labute approximate surface area is 183 Å². The van der Waals surface area contributed by atoms with Gasteiger partial charge < -0.3 is 10.1 Å². The van der Waals surface area contributed by atoms with E-state index in [1.54, 1.807) is 24.3 Å². The molecular formula is C21H26N4O3S2. The predicted molar refractivity (Wildman–Crippen MR) is 123 cm³/mol. The van der Waals surface area contributed by atoms with Crippen LogP contribution in [-0.4, -0.2) is 49.9 Å². The Hall–Kier alpha value is -2.33. The number of anilines is 1. The molecular weight excluding hydrogens is 420 g/mol. The van der Waals surface area contributed by atoms with E-state index in [2.05, 4.69) is 22.8 Å². The molecule has 1 heterocycles. The van der Waals surface area contributed by atoms with E-state index in [0.29, 0.717) is 37.1 Å². The minimum atomic E-state index is -3.51. The molecule has 0 atom stereocenters. The maximum atomic E-state index is 12.7. The standard InChI is InChI=1S/C21H26N4O3S2/c1-2-6-20(17-7-4-3-5-8-17)23-24-21(29)22-18-9-11-19(12-10-18)30(26,27)25-13-15-28-16-14-25/h3-5,7-12H,2,6,13-16H2,1H3,(H2,22,24,29). The third-order valence-electron chi connectivity index (χ3n) is 4.61. The highest BCUT2D eigenvalue weighted by atomic mass is 32.2. The van der Waals surface area contributed by atoms with Crippen molar-refractivity contribution in [3.63, 3.8) is 0 Å². The van der Waals surface area contributed by atoms with E-state index in [0.717, 1.165) is 24.1 Å². The van der Waals surface area contributed by atoms with Crippen molar-refractivity contribution in [2.24, 2.45) is 5.10 Å². The van der Waals surface area contributed by atoms with Gasteiger partial charge in [-0.05, 0) is 48.5 Å². The summed E-state index contributed by atoms with van der Waals surface area (Å²) in [5, 5.41) is 7.82. The van der Waals surface area contributed by atoms with Gasteiger partial charge in [0.05, 0.1) is 23.8 Å². The number of hydrogen-bond donors (Lipinski definition) is 2. The molecule has 1 aliphatic rings. The van der Waals surface area contributed by atoms with E-state index in [1.807, 2.05) is 30.3 Å². The molecule has 0 amide bonds. The second-order valence-corrected chi connectivity index (χ2v) is 9.13. The number of rotatable bonds is 7. The lowest BCUT2D eigenvalue weighted by molar-refractivity contribution is 0.0730. The molecule has 7 nitrogen and oxygen atoms in total. The van der Waals surface area contributed by atoms with Crippen LogP contribution in [0.5, 0.6) is 0 Å². The topological polar surface area (TPSA) is 83.0 Å². The van der Waals surface area contributed by atoms with E-state index in [1.165, 1.54) is 4.31 Å². The fraction of sp³-hybridized carbons (Fsp3) is 0.333. The van der Waals surface area contributed by atoms with E-state index < -0.39 is 10.0 Å². The van der Waals surface area contributed by atoms with Crippen molar-refractivity contribution in [2.45, 2.75) is 24.7 Å². The minimum absolute atomic E-state index is 0.251. The van der Waals surface area contributed by atoms with Gasteiger partial charge in [-0.15, -0.1) is 0 Å². The van der Waals surface area contributed by atoms with E-state index in [-0.39, 0.29) is 4.90 Å². The Kier molecular flexibility index (Phi) is 7.92. The van der Waals surface area contributed by atoms with Gasteiger partial charge in [0.25, 0.3) is 0 Å². The first-order valence-corrected chi connectivity index (χ1v) is 11.7. The lowest BCUT2D eigenvalue weighted by Crippen LogP contribution is -2.40. The van der Waals surface area contributed by atoms with Crippen molar-refractivity contribution in [1.29, 1.82) is 0 Å². The van der Waals surface area contributed by atoms with Crippen molar-refractivity contribution < 1.29 is 13.2 Å². The number of nitrogens with zero attached hydrogens (tertiary/aromatic N) is 2. The molecule has 0 spiro atoms. The molecule has 2 aromatic rings. The SMILES string of the molecule is CCCC(=NNC(=S)Nc1ccc(S(=O)(=O)N2CCOCC2)cc1)c1ccccc1. The van der Waals surface area contributed by atoms with Gasteiger partial charge in [0.15, 0.2) is 5.11 Å². The summed E-state index contributed by atoms with van der Waals surface area (Å²) in [6, 6.07) is 16.5. The van der Waals surface area contributed by atoms with Crippen molar-refractivity contribution in [2.75, 3.05) is 31.6 Å². The molecule has 2 aromatic carbocycles. The van der Waals surface area contributed by atoms with Gasteiger partial charge in [-0.3, -0.25) is 5.43 Å². The monoisotopic (exact) mass is 446 g/mol. The van der Waals surface area contributed by atoms with Crippen LogP contribution in [0.4, 0.5) is 5.69 Å². The lowest BCUT2D eigenvalue weighted by Gasteiger charge is -2.26. The maximum absolute atomic E-state index is 12.7. The Balaban J connectivity index is 1.62. The molecule has 0 aromatic heterocycles. The summed E-state index contributed by atoms with van der Waals surface area (Å²) >= 11 is 5.33. The van der Waals surface area contributed by atoms with Crippen LogP contribution in [-0.2, 0) is 14.8 Å². The van der Waals surface area contributed by atoms with E-state index in [9.17, 15) is 8.42 Å². The average Bonchev–Trinajstić information content (AvgIpc) is 2.78. The van der Waals surface area contributed by atoms with Gasteiger partial charge in [-0.2, -0.15) is 9.41 Å². The summed E-state index contributed by atoms with van der Waals surface area (Å²) in [7, 11) is -3.51. The van der Waals surface area contributed by atoms with Crippen molar-refractivity contribution in [3.05, 3.63) is 60.2 Å². The zero-order valence-electron chi connectivity index (χ0n) is 16.9. The van der Waals surface area contributed by atoms with E-state index >= 15 is 0 Å². The molecule has 9 heteroatoms. The van der Waals surface area contributed by atoms with Crippen molar-refractivity contribution in [1.82, 2.24) is 9.73 Å². The molecule has 0 unspecified atom stereocenters.